The average Bonchev–Trinajstić information content (AvgIpc) is 2.94. The highest BCUT2D eigenvalue weighted by atomic mass is 16.5. The average molecular weight is 409 g/mol. The molecule has 0 aliphatic carbocycles. The Balaban J connectivity index is 1.27. The Morgan fingerprint density at radius 1 is 0.967 bits per heavy atom. The molecule has 0 N–H and O–H groups in total. The van der Waals surface area contributed by atoms with E-state index >= 15 is 0 Å². The summed E-state index contributed by atoms with van der Waals surface area (Å²) in [6.07, 6.45) is 2.61. The fraction of sp³-hybridized carbons (Fsp3) is 0.538. The summed E-state index contributed by atoms with van der Waals surface area (Å²) in [7, 11) is 0. The Kier molecular flexibility index (Phi) is 7.42. The number of ether oxygens (including phenoxy) is 2. The summed E-state index contributed by atoms with van der Waals surface area (Å²) in [5.41, 5.74) is 4.00. The van der Waals surface area contributed by atoms with E-state index in [1.165, 1.54) is 16.7 Å². The molecule has 0 aromatic heterocycles. The van der Waals surface area contributed by atoms with Crippen LogP contribution in [0.15, 0.2) is 48.5 Å². The highest BCUT2D eigenvalue weighted by Gasteiger charge is 2.21. The van der Waals surface area contributed by atoms with Crippen LogP contribution in [0.1, 0.15) is 43.4 Å². The number of hydrogen-bond acceptors (Lipinski definition) is 4. The Morgan fingerprint density at radius 2 is 1.77 bits per heavy atom. The van der Waals surface area contributed by atoms with Crippen molar-refractivity contribution in [3.05, 3.63) is 65.2 Å². The van der Waals surface area contributed by atoms with Gasteiger partial charge in [0.05, 0.1) is 12.7 Å². The summed E-state index contributed by atoms with van der Waals surface area (Å²) in [5.74, 6) is 1.75. The number of hydrogen-bond donors (Lipinski definition) is 0. The normalized spacial score (nSPS) is 18.8. The van der Waals surface area contributed by atoms with Crippen LogP contribution >= 0.6 is 0 Å². The van der Waals surface area contributed by atoms with Crippen LogP contribution in [0, 0.1) is 5.92 Å². The molecule has 0 unspecified atom stereocenters. The lowest BCUT2D eigenvalue weighted by Crippen LogP contribution is -2.36. The number of piperidine rings is 1. The van der Waals surface area contributed by atoms with E-state index in [-0.39, 0.29) is 0 Å². The smallest absolute Gasteiger partial charge is 0.123 e. The minimum atomic E-state index is 0.381. The highest BCUT2D eigenvalue weighted by molar-refractivity contribution is 5.38. The predicted octanol–water partition coefficient (Wildman–Crippen LogP) is 4.72. The van der Waals surface area contributed by atoms with Gasteiger partial charge in [0.15, 0.2) is 0 Å². The third-order valence-electron chi connectivity index (χ3n) is 6.08. The van der Waals surface area contributed by atoms with E-state index in [0.717, 1.165) is 71.1 Å². The lowest BCUT2D eigenvalue weighted by atomic mass is 10.0. The third-order valence-corrected chi connectivity index (χ3v) is 6.08. The van der Waals surface area contributed by atoms with Crippen LogP contribution in [0.4, 0.5) is 0 Å². The fourth-order valence-corrected chi connectivity index (χ4v) is 4.55. The summed E-state index contributed by atoms with van der Waals surface area (Å²) < 4.78 is 12.2. The molecule has 2 heterocycles. The molecular weight excluding hydrogens is 372 g/mol. The Hall–Kier alpha value is -1.88. The van der Waals surface area contributed by atoms with Crippen LogP contribution in [0.25, 0.3) is 0 Å². The van der Waals surface area contributed by atoms with Gasteiger partial charge in [-0.1, -0.05) is 50.2 Å². The number of likely N-dealkylation sites (tertiary alicyclic amines) is 1. The van der Waals surface area contributed by atoms with Crippen LogP contribution in [0.2, 0.25) is 0 Å². The highest BCUT2D eigenvalue weighted by Crippen LogP contribution is 2.26. The summed E-state index contributed by atoms with van der Waals surface area (Å²) in [6, 6.07) is 17.3. The first-order valence-corrected chi connectivity index (χ1v) is 11.5. The van der Waals surface area contributed by atoms with Gasteiger partial charge in [-0.25, -0.2) is 0 Å². The van der Waals surface area contributed by atoms with Crippen molar-refractivity contribution in [2.45, 2.75) is 52.5 Å². The van der Waals surface area contributed by atoms with Gasteiger partial charge in [-0.05, 0) is 42.0 Å². The first-order chi connectivity index (χ1) is 14.7. The molecule has 1 fully saturated rings. The lowest BCUT2D eigenvalue weighted by molar-refractivity contribution is -0.00394. The Morgan fingerprint density at radius 3 is 2.53 bits per heavy atom. The third kappa shape index (κ3) is 6.07. The lowest BCUT2D eigenvalue weighted by Gasteiger charge is -2.32. The van der Waals surface area contributed by atoms with Crippen LogP contribution in [-0.4, -0.2) is 48.7 Å². The van der Waals surface area contributed by atoms with E-state index in [4.69, 9.17) is 9.47 Å². The van der Waals surface area contributed by atoms with Gasteiger partial charge >= 0.3 is 0 Å². The molecule has 0 amide bonds. The van der Waals surface area contributed by atoms with E-state index in [2.05, 4.69) is 72.2 Å². The van der Waals surface area contributed by atoms with Gasteiger partial charge in [0.1, 0.15) is 12.4 Å². The zero-order valence-electron chi connectivity index (χ0n) is 18.6. The van der Waals surface area contributed by atoms with Crippen molar-refractivity contribution >= 4 is 0 Å². The number of benzene rings is 2. The molecule has 30 heavy (non-hydrogen) atoms. The van der Waals surface area contributed by atoms with Crippen molar-refractivity contribution < 1.29 is 9.47 Å². The van der Waals surface area contributed by atoms with Crippen molar-refractivity contribution in [2.75, 3.05) is 32.8 Å². The largest absolute Gasteiger partial charge is 0.492 e. The summed E-state index contributed by atoms with van der Waals surface area (Å²) in [4.78, 5) is 5.09. The summed E-state index contributed by atoms with van der Waals surface area (Å²) in [6.45, 7) is 12.5. The Bertz CT molecular complexity index is 785. The number of nitrogens with zero attached hydrogens (tertiary/aromatic N) is 2. The van der Waals surface area contributed by atoms with E-state index in [1.807, 2.05) is 0 Å². The molecule has 2 aliphatic rings. The van der Waals surface area contributed by atoms with Crippen LogP contribution < -0.4 is 4.74 Å². The summed E-state index contributed by atoms with van der Waals surface area (Å²) >= 11 is 0. The second kappa shape index (κ2) is 10.4. The molecule has 0 bridgehead atoms. The topological polar surface area (TPSA) is 24.9 Å². The van der Waals surface area contributed by atoms with Gasteiger partial charge in [0, 0.05) is 44.8 Å². The molecule has 4 rings (SSSR count). The van der Waals surface area contributed by atoms with Crippen LogP contribution in [0.5, 0.6) is 5.75 Å². The first-order valence-electron chi connectivity index (χ1n) is 11.5. The number of rotatable bonds is 7. The predicted molar refractivity (Wildman–Crippen MR) is 122 cm³/mol. The van der Waals surface area contributed by atoms with Crippen LogP contribution in [0.3, 0.4) is 0 Å². The zero-order chi connectivity index (χ0) is 20.8. The second-order valence-electron chi connectivity index (χ2n) is 9.19. The molecule has 0 spiro atoms. The van der Waals surface area contributed by atoms with Crippen molar-refractivity contribution in [1.29, 1.82) is 0 Å². The molecule has 0 saturated carbocycles. The second-order valence-corrected chi connectivity index (χ2v) is 9.19. The fourth-order valence-electron chi connectivity index (χ4n) is 4.55. The quantitative estimate of drug-likeness (QED) is 0.662. The zero-order valence-corrected chi connectivity index (χ0v) is 18.6. The van der Waals surface area contributed by atoms with Gasteiger partial charge in [0.2, 0.25) is 0 Å². The molecule has 162 valence electrons. The molecular formula is C26H36N2O2. The van der Waals surface area contributed by atoms with Gasteiger partial charge in [-0.15, -0.1) is 0 Å². The van der Waals surface area contributed by atoms with Gasteiger partial charge < -0.3 is 9.47 Å². The standard InChI is InChI=1S/C26H36N2O2/c1-21(2)17-28-14-15-29-26-9-8-23(16-24(26)19-28)18-27-12-10-25(11-13-27)30-20-22-6-4-3-5-7-22/h3-9,16,21,25H,10-15,17-20H2,1-2H3. The number of fused-ring (bicyclic) bond motifs is 1. The first kappa shape index (κ1) is 21.4. The molecule has 4 heteroatoms. The molecule has 2 aromatic rings. The van der Waals surface area contributed by atoms with E-state index in [9.17, 15) is 0 Å². The molecule has 0 radical (unpaired) electrons. The monoisotopic (exact) mass is 408 g/mol. The Labute approximate surface area is 181 Å². The molecule has 0 atom stereocenters. The summed E-state index contributed by atoms with van der Waals surface area (Å²) in [5, 5.41) is 0. The van der Waals surface area contributed by atoms with E-state index in [1.54, 1.807) is 0 Å². The van der Waals surface area contributed by atoms with Crippen molar-refractivity contribution in [3.8, 4) is 5.75 Å². The molecule has 1 saturated heterocycles. The molecule has 2 aromatic carbocycles. The van der Waals surface area contributed by atoms with Crippen molar-refractivity contribution in [2.24, 2.45) is 5.92 Å². The van der Waals surface area contributed by atoms with Gasteiger partial charge in [0.25, 0.3) is 0 Å². The minimum absolute atomic E-state index is 0.381. The maximum atomic E-state index is 6.15. The molecule has 4 nitrogen and oxygen atoms in total. The maximum Gasteiger partial charge on any atom is 0.123 e. The van der Waals surface area contributed by atoms with Gasteiger partial charge in [-0.3, -0.25) is 9.80 Å². The van der Waals surface area contributed by atoms with E-state index in [0.29, 0.717) is 12.0 Å². The van der Waals surface area contributed by atoms with Crippen LogP contribution in [-0.2, 0) is 24.4 Å². The van der Waals surface area contributed by atoms with Crippen molar-refractivity contribution in [3.63, 3.8) is 0 Å². The SMILES string of the molecule is CC(C)CN1CCOc2ccc(CN3CCC(OCc4ccccc4)CC3)cc2C1. The van der Waals surface area contributed by atoms with E-state index < -0.39 is 0 Å². The minimum Gasteiger partial charge on any atom is -0.492 e. The van der Waals surface area contributed by atoms with Gasteiger partial charge in [-0.2, -0.15) is 0 Å². The molecule has 2 aliphatic heterocycles. The van der Waals surface area contributed by atoms with Crippen molar-refractivity contribution in [1.82, 2.24) is 9.80 Å². The maximum absolute atomic E-state index is 6.15.